The molecule has 0 radical (unpaired) electrons. The summed E-state index contributed by atoms with van der Waals surface area (Å²) in [5.74, 6) is -2.52. The molecule has 0 aliphatic rings. The van der Waals surface area contributed by atoms with Crippen molar-refractivity contribution in [1.82, 2.24) is 10.9 Å². The van der Waals surface area contributed by atoms with Gasteiger partial charge in [-0.3, -0.25) is 29.8 Å². The van der Waals surface area contributed by atoms with E-state index in [9.17, 15) is 39.7 Å². The van der Waals surface area contributed by atoms with E-state index < -0.39 is 33.4 Å². The van der Waals surface area contributed by atoms with Gasteiger partial charge in [0.15, 0.2) is 0 Å². The minimum Gasteiger partial charge on any atom is -0.507 e. The minimum atomic E-state index is -0.725. The molecule has 0 heterocycles. The number of benzene rings is 3. The first-order chi connectivity index (χ1) is 19.1. The van der Waals surface area contributed by atoms with E-state index in [0.717, 1.165) is 36.7 Å². The minimum absolute atomic E-state index is 0.00550. The zero-order valence-electron chi connectivity index (χ0n) is 20.6. The van der Waals surface area contributed by atoms with Gasteiger partial charge in [-0.25, -0.2) is 15.6 Å². The van der Waals surface area contributed by atoms with Gasteiger partial charge >= 0.3 is 5.97 Å². The zero-order valence-corrected chi connectivity index (χ0v) is 20.6. The average Bonchev–Trinajstić information content (AvgIpc) is 2.94. The van der Waals surface area contributed by atoms with Crippen LogP contribution in [0.2, 0.25) is 0 Å². The summed E-state index contributed by atoms with van der Waals surface area (Å²) in [4.78, 5) is 57.2. The van der Waals surface area contributed by atoms with Crippen molar-refractivity contribution < 1.29 is 34.1 Å². The fraction of sp³-hybridized carbons (Fsp3) is 0.0800. The highest BCUT2D eigenvalue weighted by atomic mass is 16.6. The summed E-state index contributed by atoms with van der Waals surface area (Å²) in [5, 5.41) is 39.7. The van der Waals surface area contributed by atoms with Gasteiger partial charge < -0.3 is 9.84 Å². The number of carbonyl (C=O) groups is 3. The highest BCUT2D eigenvalue weighted by Gasteiger charge is 2.15. The Kier molecular flexibility index (Phi) is 9.29. The van der Waals surface area contributed by atoms with Gasteiger partial charge in [-0.05, 0) is 43.3 Å². The number of hydrogen-bond acceptors (Lipinski definition) is 11. The number of phenols is 1. The molecule has 0 aliphatic heterocycles. The van der Waals surface area contributed by atoms with Crippen LogP contribution < -0.4 is 10.9 Å². The molecule has 0 spiro atoms. The number of phenolic OH excluding ortho intramolecular Hbond substituents is 1. The number of ether oxygens (including phenoxy) is 1. The van der Waals surface area contributed by atoms with Crippen molar-refractivity contribution in [2.45, 2.75) is 6.92 Å². The van der Waals surface area contributed by atoms with Crippen LogP contribution >= 0.6 is 0 Å². The number of nitro benzene ring substituents is 2. The van der Waals surface area contributed by atoms with E-state index in [1.54, 1.807) is 6.92 Å². The van der Waals surface area contributed by atoms with Gasteiger partial charge in [0.2, 0.25) is 0 Å². The van der Waals surface area contributed by atoms with Crippen molar-refractivity contribution in [2.75, 3.05) is 6.61 Å². The molecule has 2 amide bonds. The average molecular weight is 548 g/mol. The van der Waals surface area contributed by atoms with Crippen molar-refractivity contribution in [2.24, 2.45) is 10.2 Å². The summed E-state index contributed by atoms with van der Waals surface area (Å²) in [6, 6.07) is 12.1. The SMILES string of the molecule is CCOC(=O)c1cc(/C=N/NC(=O)c2ccc([N+](=O)[O-])cc2)c(O)c(/C=N/NC(=O)c2ccc([N+](=O)[O-])cc2)c1. The molecule has 204 valence electrons. The molecular formula is C25H20N6O9. The lowest BCUT2D eigenvalue weighted by atomic mass is 10.0. The third-order valence-electron chi connectivity index (χ3n) is 5.10. The number of carbonyl (C=O) groups excluding carboxylic acids is 3. The number of nitro groups is 2. The number of esters is 1. The molecule has 0 bridgehead atoms. The molecular weight excluding hydrogens is 528 g/mol. The lowest BCUT2D eigenvalue weighted by Gasteiger charge is -2.08. The number of non-ortho nitro benzene ring substituents is 2. The van der Waals surface area contributed by atoms with Crippen molar-refractivity contribution in [1.29, 1.82) is 0 Å². The van der Waals surface area contributed by atoms with E-state index in [1.807, 2.05) is 0 Å². The Morgan fingerprint density at radius 3 is 1.55 bits per heavy atom. The Morgan fingerprint density at radius 1 is 0.800 bits per heavy atom. The second-order valence-corrected chi connectivity index (χ2v) is 7.73. The third-order valence-corrected chi connectivity index (χ3v) is 5.10. The monoisotopic (exact) mass is 548 g/mol. The standard InChI is InChI=1S/C25H20N6O9/c1-2-40-25(35)17-11-18(13-26-28-23(33)15-3-7-20(8-4-15)30(36)37)22(32)19(12-17)14-27-29-24(34)16-5-9-21(10-6-16)31(38)39/h3-14,32H,2H2,1H3,(H,28,33)(H,29,34)/b26-13+,27-14+. The summed E-state index contributed by atoms with van der Waals surface area (Å²) < 4.78 is 4.99. The Bertz CT molecular complexity index is 1410. The van der Waals surface area contributed by atoms with Gasteiger partial charge in [-0.1, -0.05) is 0 Å². The maximum absolute atomic E-state index is 12.3. The van der Waals surface area contributed by atoms with Crippen LogP contribution in [-0.2, 0) is 4.74 Å². The summed E-state index contributed by atoms with van der Waals surface area (Å²) >= 11 is 0. The highest BCUT2D eigenvalue weighted by molar-refractivity contribution is 6.00. The smallest absolute Gasteiger partial charge is 0.338 e. The highest BCUT2D eigenvalue weighted by Crippen LogP contribution is 2.23. The van der Waals surface area contributed by atoms with E-state index in [-0.39, 0.29) is 45.8 Å². The zero-order chi connectivity index (χ0) is 29.2. The number of rotatable bonds is 10. The molecule has 0 saturated heterocycles. The van der Waals surface area contributed by atoms with Gasteiger partial charge in [-0.15, -0.1) is 0 Å². The molecule has 15 nitrogen and oxygen atoms in total. The first kappa shape index (κ1) is 28.6. The van der Waals surface area contributed by atoms with Gasteiger partial charge in [-0.2, -0.15) is 10.2 Å². The molecule has 0 atom stereocenters. The van der Waals surface area contributed by atoms with Crippen LogP contribution in [0.15, 0.2) is 70.9 Å². The summed E-state index contributed by atoms with van der Waals surface area (Å²) in [6.07, 6.45) is 2.10. The van der Waals surface area contributed by atoms with Crippen molar-refractivity contribution in [3.05, 3.63) is 109 Å². The summed E-state index contributed by atoms with van der Waals surface area (Å²) in [5.41, 5.74) is 4.17. The van der Waals surface area contributed by atoms with Crippen LogP contribution in [0.5, 0.6) is 5.75 Å². The van der Waals surface area contributed by atoms with Crippen LogP contribution in [-0.4, -0.2) is 51.8 Å². The fourth-order valence-corrected chi connectivity index (χ4v) is 3.13. The number of hydrogen-bond donors (Lipinski definition) is 3. The van der Waals surface area contributed by atoms with Crippen LogP contribution in [0.1, 0.15) is 49.1 Å². The van der Waals surface area contributed by atoms with E-state index in [1.165, 1.54) is 36.4 Å². The first-order valence-electron chi connectivity index (χ1n) is 11.3. The first-order valence-corrected chi connectivity index (χ1v) is 11.3. The molecule has 15 heteroatoms. The van der Waals surface area contributed by atoms with Crippen LogP contribution in [0.3, 0.4) is 0 Å². The number of nitrogens with zero attached hydrogens (tertiary/aromatic N) is 4. The van der Waals surface area contributed by atoms with Crippen LogP contribution in [0.4, 0.5) is 11.4 Å². The van der Waals surface area contributed by atoms with Crippen molar-refractivity contribution in [3.8, 4) is 5.75 Å². The maximum Gasteiger partial charge on any atom is 0.338 e. The molecule has 3 rings (SSSR count). The number of hydrazone groups is 2. The Labute approximate surface area is 225 Å². The second-order valence-electron chi connectivity index (χ2n) is 7.73. The number of nitrogens with one attached hydrogen (secondary N) is 2. The summed E-state index contributed by atoms with van der Waals surface area (Å²) in [7, 11) is 0. The van der Waals surface area contributed by atoms with E-state index in [4.69, 9.17) is 4.74 Å². The molecule has 3 aromatic rings. The molecule has 40 heavy (non-hydrogen) atoms. The maximum atomic E-state index is 12.3. The van der Waals surface area contributed by atoms with Crippen molar-refractivity contribution in [3.63, 3.8) is 0 Å². The van der Waals surface area contributed by atoms with E-state index in [2.05, 4.69) is 21.1 Å². The molecule has 0 fully saturated rings. The quantitative estimate of drug-likeness (QED) is 0.147. The van der Waals surface area contributed by atoms with Gasteiger partial charge in [0.05, 0.1) is 34.4 Å². The number of amides is 2. The topological polar surface area (TPSA) is 216 Å². The Morgan fingerprint density at radius 2 is 1.20 bits per heavy atom. The molecule has 0 aliphatic carbocycles. The van der Waals surface area contributed by atoms with Gasteiger partial charge in [0.1, 0.15) is 5.75 Å². The largest absolute Gasteiger partial charge is 0.507 e. The van der Waals surface area contributed by atoms with Gasteiger partial charge in [0, 0.05) is 46.5 Å². The Balaban J connectivity index is 1.79. The predicted octanol–water partition coefficient (Wildman–Crippen LogP) is 2.91. The molecule has 0 aromatic heterocycles. The lowest BCUT2D eigenvalue weighted by Crippen LogP contribution is -2.18. The molecule has 3 N–H and O–H groups in total. The van der Waals surface area contributed by atoms with E-state index in [0.29, 0.717) is 0 Å². The van der Waals surface area contributed by atoms with Crippen LogP contribution in [0, 0.1) is 20.2 Å². The van der Waals surface area contributed by atoms with Crippen LogP contribution in [0.25, 0.3) is 0 Å². The predicted molar refractivity (Wildman–Crippen MR) is 140 cm³/mol. The van der Waals surface area contributed by atoms with Gasteiger partial charge in [0.25, 0.3) is 23.2 Å². The molecule has 3 aromatic carbocycles. The fourth-order valence-electron chi connectivity index (χ4n) is 3.13. The second kappa shape index (κ2) is 13.0. The third kappa shape index (κ3) is 7.28. The lowest BCUT2D eigenvalue weighted by molar-refractivity contribution is -0.385. The normalized spacial score (nSPS) is 10.8. The van der Waals surface area contributed by atoms with Crippen molar-refractivity contribution >= 4 is 41.6 Å². The Hall–Kier alpha value is -5.99. The number of aromatic hydroxyl groups is 1. The van der Waals surface area contributed by atoms with E-state index >= 15 is 0 Å². The molecule has 0 unspecified atom stereocenters. The molecule has 0 saturated carbocycles. The summed E-state index contributed by atoms with van der Waals surface area (Å²) in [6.45, 7) is 1.67.